The Labute approximate surface area is 140 Å². The largest absolute Gasteiger partial charge is 0.349 e. The number of nitrogens with zero attached hydrogens (tertiary/aromatic N) is 4. The molecular formula is C17H23F2N5. The number of H-pyrrole nitrogens is 1. The van der Waals surface area contributed by atoms with Crippen LogP contribution in [0.3, 0.4) is 0 Å². The topological polar surface area (TPSA) is 57.7 Å². The first-order valence-electron chi connectivity index (χ1n) is 8.34. The molecule has 1 N–H and O–H groups in total. The second-order valence-electron chi connectivity index (χ2n) is 6.67. The number of aromatic amines is 1. The van der Waals surface area contributed by atoms with Crippen molar-refractivity contribution in [2.24, 2.45) is 5.92 Å². The fourth-order valence-electron chi connectivity index (χ4n) is 3.33. The van der Waals surface area contributed by atoms with Gasteiger partial charge in [0.1, 0.15) is 17.5 Å². The maximum atomic E-state index is 13.7. The molecule has 0 aromatic carbocycles. The van der Waals surface area contributed by atoms with Gasteiger partial charge >= 0.3 is 0 Å². The lowest BCUT2D eigenvalue weighted by atomic mass is 9.86. The minimum atomic E-state index is -2.54. The summed E-state index contributed by atoms with van der Waals surface area (Å²) in [4.78, 5) is 18.1. The second kappa shape index (κ2) is 6.83. The Kier molecular flexibility index (Phi) is 4.78. The fourth-order valence-corrected chi connectivity index (χ4v) is 3.33. The molecule has 0 amide bonds. The molecule has 1 aliphatic rings. The highest BCUT2D eigenvalue weighted by atomic mass is 19.3. The van der Waals surface area contributed by atoms with E-state index in [2.05, 4.69) is 19.9 Å². The van der Waals surface area contributed by atoms with Crippen LogP contribution in [0.2, 0.25) is 0 Å². The minimum Gasteiger partial charge on any atom is -0.349 e. The first-order valence-corrected chi connectivity index (χ1v) is 8.34. The maximum Gasteiger partial charge on any atom is 0.248 e. The molecule has 130 valence electrons. The lowest BCUT2D eigenvalue weighted by Gasteiger charge is -2.33. The van der Waals surface area contributed by atoms with Gasteiger partial charge in [-0.25, -0.2) is 23.7 Å². The molecule has 0 saturated heterocycles. The number of aryl methyl sites for hydroxylation is 2. The highest BCUT2D eigenvalue weighted by Crippen LogP contribution is 2.37. The van der Waals surface area contributed by atoms with E-state index < -0.39 is 5.92 Å². The number of hydrogen-bond donors (Lipinski definition) is 1. The number of nitrogens with one attached hydrogen (secondary N) is 1. The Balaban J connectivity index is 1.79. The van der Waals surface area contributed by atoms with Gasteiger partial charge in [-0.05, 0) is 38.7 Å². The summed E-state index contributed by atoms with van der Waals surface area (Å²) in [6, 6.07) is 1.82. The third-order valence-corrected chi connectivity index (χ3v) is 4.40. The molecule has 3 rings (SSSR count). The molecule has 1 unspecified atom stereocenters. The molecule has 0 bridgehead atoms. The second-order valence-corrected chi connectivity index (χ2v) is 6.67. The van der Waals surface area contributed by atoms with Crippen LogP contribution in [0.15, 0.2) is 18.5 Å². The van der Waals surface area contributed by atoms with Crippen LogP contribution in [-0.2, 0) is 6.54 Å². The van der Waals surface area contributed by atoms with Crippen LogP contribution < -0.4 is 4.90 Å². The Bertz CT molecular complexity index is 685. The monoisotopic (exact) mass is 335 g/mol. The average molecular weight is 335 g/mol. The van der Waals surface area contributed by atoms with Gasteiger partial charge in [-0.1, -0.05) is 0 Å². The van der Waals surface area contributed by atoms with Gasteiger partial charge in [-0.3, -0.25) is 0 Å². The molecule has 5 nitrogen and oxygen atoms in total. The Hall–Kier alpha value is -2.05. The molecule has 2 heterocycles. The lowest BCUT2D eigenvalue weighted by molar-refractivity contribution is -0.0511. The molecule has 2 aromatic heterocycles. The van der Waals surface area contributed by atoms with Gasteiger partial charge in [-0.2, -0.15) is 0 Å². The van der Waals surface area contributed by atoms with Crippen molar-refractivity contribution >= 4 is 5.82 Å². The van der Waals surface area contributed by atoms with Gasteiger partial charge in [0.05, 0.1) is 6.54 Å². The zero-order chi connectivity index (χ0) is 17.2. The number of rotatable bonds is 5. The van der Waals surface area contributed by atoms with Crippen LogP contribution in [0.4, 0.5) is 14.6 Å². The highest BCUT2D eigenvalue weighted by molar-refractivity contribution is 5.37. The molecule has 1 fully saturated rings. The van der Waals surface area contributed by atoms with Crippen molar-refractivity contribution in [2.75, 3.05) is 11.4 Å². The average Bonchev–Trinajstić information content (AvgIpc) is 2.91. The summed E-state index contributed by atoms with van der Waals surface area (Å²) in [6.45, 7) is 4.84. The summed E-state index contributed by atoms with van der Waals surface area (Å²) in [5.41, 5.74) is 0.980. The predicted molar refractivity (Wildman–Crippen MR) is 88.0 cm³/mol. The number of imidazole rings is 1. The van der Waals surface area contributed by atoms with Gasteiger partial charge < -0.3 is 9.88 Å². The summed E-state index contributed by atoms with van der Waals surface area (Å²) >= 11 is 0. The van der Waals surface area contributed by atoms with Crippen molar-refractivity contribution in [3.05, 3.63) is 35.8 Å². The minimum absolute atomic E-state index is 0.00743. The van der Waals surface area contributed by atoms with Crippen LogP contribution in [0.5, 0.6) is 0 Å². The van der Waals surface area contributed by atoms with Crippen LogP contribution in [0.1, 0.15) is 43.0 Å². The van der Waals surface area contributed by atoms with Crippen molar-refractivity contribution < 1.29 is 8.78 Å². The Morgan fingerprint density at radius 3 is 2.83 bits per heavy atom. The van der Waals surface area contributed by atoms with E-state index in [4.69, 9.17) is 0 Å². The molecule has 24 heavy (non-hydrogen) atoms. The molecule has 7 heteroatoms. The first kappa shape index (κ1) is 16.8. The zero-order valence-electron chi connectivity index (χ0n) is 14.1. The Morgan fingerprint density at radius 1 is 1.33 bits per heavy atom. The summed E-state index contributed by atoms with van der Waals surface area (Å²) in [5, 5.41) is 0. The quantitative estimate of drug-likeness (QED) is 0.906. The highest BCUT2D eigenvalue weighted by Gasteiger charge is 2.37. The SMILES string of the molecule is Cc1nccc(N(Cc2ncc(C)[nH]2)CC2CCCC(F)(F)C2)n1. The molecule has 1 aliphatic carbocycles. The van der Waals surface area contributed by atoms with Gasteiger partial charge in [-0.15, -0.1) is 0 Å². The van der Waals surface area contributed by atoms with Crippen LogP contribution in [0, 0.1) is 19.8 Å². The predicted octanol–water partition coefficient (Wildman–Crippen LogP) is 3.65. The van der Waals surface area contributed by atoms with Crippen LogP contribution in [-0.4, -0.2) is 32.4 Å². The van der Waals surface area contributed by atoms with E-state index in [1.54, 1.807) is 12.4 Å². The third kappa shape index (κ3) is 4.27. The molecule has 0 spiro atoms. The third-order valence-electron chi connectivity index (χ3n) is 4.40. The molecule has 0 radical (unpaired) electrons. The normalized spacial score (nSPS) is 20.1. The van der Waals surface area contributed by atoms with E-state index in [1.807, 2.05) is 24.8 Å². The van der Waals surface area contributed by atoms with Crippen molar-refractivity contribution in [1.29, 1.82) is 0 Å². The standard InChI is InChI=1S/C17H23F2N5/c1-12-9-21-15(22-12)11-24(16-5-7-20-13(2)23-16)10-14-4-3-6-17(18,19)8-14/h5,7,9,14H,3-4,6,8,10-11H2,1-2H3,(H,21,22). The summed E-state index contributed by atoms with van der Waals surface area (Å²) in [5.74, 6) is -0.351. The van der Waals surface area contributed by atoms with Crippen LogP contribution in [0.25, 0.3) is 0 Å². The summed E-state index contributed by atoms with van der Waals surface area (Å²) in [6.07, 6.45) is 4.83. The number of anilines is 1. The van der Waals surface area contributed by atoms with E-state index in [-0.39, 0.29) is 18.8 Å². The Morgan fingerprint density at radius 2 is 2.17 bits per heavy atom. The van der Waals surface area contributed by atoms with Crippen molar-refractivity contribution in [1.82, 2.24) is 19.9 Å². The maximum absolute atomic E-state index is 13.7. The zero-order valence-corrected chi connectivity index (χ0v) is 14.1. The lowest BCUT2D eigenvalue weighted by Crippen LogP contribution is -2.36. The summed E-state index contributed by atoms with van der Waals surface area (Å²) in [7, 11) is 0. The fraction of sp³-hybridized carbons (Fsp3) is 0.588. The smallest absolute Gasteiger partial charge is 0.248 e. The van der Waals surface area contributed by atoms with E-state index in [1.165, 1.54) is 0 Å². The molecule has 2 aromatic rings. The van der Waals surface area contributed by atoms with E-state index in [0.717, 1.165) is 23.8 Å². The van der Waals surface area contributed by atoms with Crippen molar-refractivity contribution in [3.8, 4) is 0 Å². The molecule has 0 aliphatic heterocycles. The van der Waals surface area contributed by atoms with E-state index in [0.29, 0.717) is 25.3 Å². The van der Waals surface area contributed by atoms with Crippen LogP contribution >= 0.6 is 0 Å². The number of alkyl halides is 2. The summed E-state index contributed by atoms with van der Waals surface area (Å²) < 4.78 is 27.5. The van der Waals surface area contributed by atoms with Crippen molar-refractivity contribution in [2.45, 2.75) is 52.0 Å². The first-order chi connectivity index (χ1) is 11.4. The molecule has 1 atom stereocenters. The molecule has 1 saturated carbocycles. The van der Waals surface area contributed by atoms with E-state index in [9.17, 15) is 8.78 Å². The number of aromatic nitrogens is 4. The van der Waals surface area contributed by atoms with Gasteiger partial charge in [0.2, 0.25) is 5.92 Å². The molecular weight excluding hydrogens is 312 g/mol. The van der Waals surface area contributed by atoms with E-state index >= 15 is 0 Å². The van der Waals surface area contributed by atoms with Gasteiger partial charge in [0.15, 0.2) is 0 Å². The number of halogens is 2. The van der Waals surface area contributed by atoms with Gasteiger partial charge in [0, 0.05) is 37.5 Å². The van der Waals surface area contributed by atoms with Crippen molar-refractivity contribution in [3.63, 3.8) is 0 Å². The van der Waals surface area contributed by atoms with Gasteiger partial charge in [0.25, 0.3) is 0 Å². The number of hydrogen-bond acceptors (Lipinski definition) is 4.